The number of carbonyl (C=O) groups is 2. The van der Waals surface area contributed by atoms with Crippen LogP contribution in [0.2, 0.25) is 0 Å². The average molecular weight is 959 g/mol. The molecule has 0 bridgehead atoms. The highest BCUT2D eigenvalue weighted by Gasteiger charge is 2.18. The summed E-state index contributed by atoms with van der Waals surface area (Å²) in [6.07, 6.45) is 70.9. The van der Waals surface area contributed by atoms with Crippen LogP contribution in [0.1, 0.15) is 335 Å². The molecular formula is C62H119NO5. The van der Waals surface area contributed by atoms with E-state index in [0.29, 0.717) is 19.4 Å². The molecule has 0 heterocycles. The summed E-state index contributed by atoms with van der Waals surface area (Å²) < 4.78 is 5.49. The molecule has 2 unspecified atom stereocenters. The third-order valence-electron chi connectivity index (χ3n) is 14.2. The predicted molar refractivity (Wildman–Crippen MR) is 296 cm³/mol. The summed E-state index contributed by atoms with van der Waals surface area (Å²) in [5.74, 6) is -0.0544. The highest BCUT2D eigenvalue weighted by molar-refractivity contribution is 5.76. The summed E-state index contributed by atoms with van der Waals surface area (Å²) in [6.45, 7) is 4.89. The van der Waals surface area contributed by atoms with Gasteiger partial charge in [0.25, 0.3) is 0 Å². The van der Waals surface area contributed by atoms with Crippen molar-refractivity contribution in [2.24, 2.45) is 0 Å². The first-order chi connectivity index (χ1) is 33.5. The Kier molecular flexibility index (Phi) is 56.5. The van der Waals surface area contributed by atoms with Gasteiger partial charge in [-0.15, -0.1) is 0 Å². The van der Waals surface area contributed by atoms with Crippen LogP contribution in [-0.4, -0.2) is 47.4 Å². The fourth-order valence-electron chi connectivity index (χ4n) is 9.51. The highest BCUT2D eigenvalue weighted by atomic mass is 16.5. The van der Waals surface area contributed by atoms with Crippen molar-refractivity contribution >= 4 is 11.9 Å². The molecule has 0 saturated carbocycles. The number of hydrogen-bond donors (Lipinski definition) is 3. The van der Waals surface area contributed by atoms with Gasteiger partial charge in [-0.1, -0.05) is 289 Å². The Morgan fingerprint density at radius 1 is 0.397 bits per heavy atom. The molecule has 2 atom stereocenters. The fourth-order valence-corrected chi connectivity index (χ4v) is 9.51. The van der Waals surface area contributed by atoms with E-state index in [2.05, 4.69) is 31.3 Å². The maximum absolute atomic E-state index is 12.4. The zero-order valence-corrected chi connectivity index (χ0v) is 45.9. The standard InChI is InChI=1S/C62H119NO5/c1-3-5-7-9-11-13-14-15-16-30-33-36-40-44-48-52-56-62(67)68-57-53-49-45-41-37-34-31-28-26-24-22-20-18-17-19-21-23-25-27-29-32-35-39-43-47-51-55-61(66)63-59(58-64)60(65)54-50-46-42-38-12-10-8-6-4-2/h17,19,50,54,59-60,64-65H,3-16,18,20-49,51-53,55-58H2,1-2H3,(H,63,66)/b19-17-,54-50+. The average Bonchev–Trinajstić information content (AvgIpc) is 3.34. The van der Waals surface area contributed by atoms with E-state index in [-0.39, 0.29) is 18.5 Å². The van der Waals surface area contributed by atoms with Gasteiger partial charge in [-0.05, 0) is 57.8 Å². The monoisotopic (exact) mass is 958 g/mol. The van der Waals surface area contributed by atoms with Crippen molar-refractivity contribution in [3.63, 3.8) is 0 Å². The number of aliphatic hydroxyl groups excluding tert-OH is 2. The van der Waals surface area contributed by atoms with Gasteiger partial charge in [-0.3, -0.25) is 9.59 Å². The Morgan fingerprint density at radius 2 is 0.691 bits per heavy atom. The molecule has 3 N–H and O–H groups in total. The maximum Gasteiger partial charge on any atom is 0.305 e. The van der Waals surface area contributed by atoms with Crippen LogP contribution in [-0.2, 0) is 14.3 Å². The van der Waals surface area contributed by atoms with Gasteiger partial charge in [0.05, 0.1) is 25.4 Å². The second-order valence-corrected chi connectivity index (χ2v) is 21.0. The molecule has 0 aliphatic rings. The first kappa shape index (κ1) is 66.3. The first-order valence-electron chi connectivity index (χ1n) is 30.6. The molecule has 0 rings (SSSR count). The van der Waals surface area contributed by atoms with Gasteiger partial charge in [0.2, 0.25) is 5.91 Å². The van der Waals surface area contributed by atoms with E-state index >= 15 is 0 Å². The number of allylic oxidation sites excluding steroid dienone is 3. The van der Waals surface area contributed by atoms with Gasteiger partial charge in [0.1, 0.15) is 0 Å². The summed E-state index contributed by atoms with van der Waals surface area (Å²) in [5.41, 5.74) is 0. The first-order valence-corrected chi connectivity index (χ1v) is 30.6. The number of nitrogens with one attached hydrogen (secondary N) is 1. The molecule has 0 aromatic heterocycles. The van der Waals surface area contributed by atoms with Crippen molar-refractivity contribution in [1.82, 2.24) is 5.32 Å². The fraction of sp³-hybridized carbons (Fsp3) is 0.903. The summed E-state index contributed by atoms with van der Waals surface area (Å²) in [6, 6.07) is -0.626. The van der Waals surface area contributed by atoms with Crippen LogP contribution < -0.4 is 5.32 Å². The quantitative estimate of drug-likeness (QED) is 0.0321. The van der Waals surface area contributed by atoms with E-state index in [0.717, 1.165) is 38.5 Å². The van der Waals surface area contributed by atoms with Gasteiger partial charge in [-0.25, -0.2) is 0 Å². The lowest BCUT2D eigenvalue weighted by molar-refractivity contribution is -0.143. The Labute approximate surface area is 424 Å². The number of amides is 1. The zero-order chi connectivity index (χ0) is 49.3. The molecule has 0 saturated heterocycles. The molecule has 0 aromatic rings. The van der Waals surface area contributed by atoms with Crippen molar-refractivity contribution < 1.29 is 24.5 Å². The topological polar surface area (TPSA) is 95.9 Å². The third kappa shape index (κ3) is 53.7. The van der Waals surface area contributed by atoms with Gasteiger partial charge in [-0.2, -0.15) is 0 Å². The number of unbranched alkanes of at least 4 members (excludes halogenated alkanes) is 44. The van der Waals surface area contributed by atoms with Gasteiger partial charge >= 0.3 is 5.97 Å². The molecule has 0 aromatic carbocycles. The van der Waals surface area contributed by atoms with Gasteiger partial charge in [0.15, 0.2) is 0 Å². The van der Waals surface area contributed by atoms with Crippen molar-refractivity contribution in [2.45, 2.75) is 347 Å². The molecule has 1 amide bonds. The predicted octanol–water partition coefficient (Wildman–Crippen LogP) is 19.0. The third-order valence-corrected chi connectivity index (χ3v) is 14.2. The summed E-state index contributed by atoms with van der Waals surface area (Å²) in [4.78, 5) is 24.5. The highest BCUT2D eigenvalue weighted by Crippen LogP contribution is 2.17. The Hall–Kier alpha value is -1.66. The number of ether oxygens (including phenoxy) is 1. The second-order valence-electron chi connectivity index (χ2n) is 21.0. The molecule has 0 radical (unpaired) electrons. The second kappa shape index (κ2) is 57.9. The van der Waals surface area contributed by atoms with Gasteiger partial charge < -0.3 is 20.3 Å². The van der Waals surface area contributed by atoms with E-state index in [4.69, 9.17) is 4.74 Å². The Morgan fingerprint density at radius 3 is 1.04 bits per heavy atom. The van der Waals surface area contributed by atoms with E-state index in [1.165, 1.54) is 270 Å². The van der Waals surface area contributed by atoms with Crippen LogP contribution in [0.25, 0.3) is 0 Å². The maximum atomic E-state index is 12.4. The van der Waals surface area contributed by atoms with E-state index < -0.39 is 12.1 Å². The van der Waals surface area contributed by atoms with E-state index in [9.17, 15) is 19.8 Å². The number of hydrogen-bond acceptors (Lipinski definition) is 5. The van der Waals surface area contributed by atoms with E-state index in [1.807, 2.05) is 6.08 Å². The Balaban J connectivity index is 3.35. The largest absolute Gasteiger partial charge is 0.466 e. The lowest BCUT2D eigenvalue weighted by Crippen LogP contribution is -2.45. The van der Waals surface area contributed by atoms with Crippen LogP contribution in [0.4, 0.5) is 0 Å². The van der Waals surface area contributed by atoms with Crippen molar-refractivity contribution in [3.05, 3.63) is 24.3 Å². The minimum atomic E-state index is -0.843. The van der Waals surface area contributed by atoms with Crippen LogP contribution in [0, 0.1) is 0 Å². The summed E-state index contributed by atoms with van der Waals surface area (Å²) >= 11 is 0. The molecule has 6 heteroatoms. The molecule has 0 aliphatic carbocycles. The van der Waals surface area contributed by atoms with Crippen molar-refractivity contribution in [1.29, 1.82) is 0 Å². The number of carbonyl (C=O) groups excluding carboxylic acids is 2. The number of aliphatic hydroxyl groups is 2. The van der Waals surface area contributed by atoms with Gasteiger partial charge in [0, 0.05) is 12.8 Å². The van der Waals surface area contributed by atoms with E-state index in [1.54, 1.807) is 6.08 Å². The number of rotatable bonds is 57. The molecule has 6 nitrogen and oxygen atoms in total. The minimum absolute atomic E-state index is 0.0174. The van der Waals surface area contributed by atoms with Crippen LogP contribution in [0.5, 0.6) is 0 Å². The van der Waals surface area contributed by atoms with Crippen molar-refractivity contribution in [3.8, 4) is 0 Å². The molecular weight excluding hydrogens is 839 g/mol. The normalized spacial score (nSPS) is 12.7. The summed E-state index contributed by atoms with van der Waals surface area (Å²) in [7, 11) is 0. The molecule has 0 fully saturated rings. The Bertz CT molecular complexity index is 1060. The lowest BCUT2D eigenvalue weighted by Gasteiger charge is -2.20. The zero-order valence-electron chi connectivity index (χ0n) is 45.9. The smallest absolute Gasteiger partial charge is 0.305 e. The SMILES string of the molecule is CCCCCCCCC/C=C/C(O)C(CO)NC(=O)CCCCCCCCCCCC/C=C\CCCCCCCCCCCCCCOC(=O)CCCCCCCCCCCCCCCCCC. The minimum Gasteiger partial charge on any atom is -0.466 e. The molecule has 402 valence electrons. The van der Waals surface area contributed by atoms with Crippen molar-refractivity contribution in [2.75, 3.05) is 13.2 Å². The van der Waals surface area contributed by atoms with Crippen LogP contribution in [0.3, 0.4) is 0 Å². The molecule has 68 heavy (non-hydrogen) atoms. The lowest BCUT2D eigenvalue weighted by atomic mass is 10.0. The van der Waals surface area contributed by atoms with Crippen LogP contribution >= 0.6 is 0 Å². The molecule has 0 aliphatic heterocycles. The summed E-state index contributed by atoms with van der Waals surface area (Å²) in [5, 5.41) is 22.9. The number of esters is 1. The molecule has 0 spiro atoms. The van der Waals surface area contributed by atoms with Crippen LogP contribution in [0.15, 0.2) is 24.3 Å².